The van der Waals surface area contributed by atoms with Crippen molar-refractivity contribution in [1.29, 1.82) is 0 Å². The molecule has 2 aliphatic carbocycles. The second-order valence-corrected chi connectivity index (χ2v) is 25.9. The number of fused-ring (bicyclic) bond motifs is 12. The Morgan fingerprint density at radius 2 is 0.565 bits per heavy atom. The highest BCUT2D eigenvalue weighted by Crippen LogP contribution is 2.52. The Morgan fingerprint density at radius 1 is 0.217 bits per heavy atom. The molecule has 0 spiro atoms. The lowest BCUT2D eigenvalue weighted by molar-refractivity contribution is 0.660. The van der Waals surface area contributed by atoms with E-state index in [1.54, 1.807) is 0 Å². The quantitative estimate of drug-likeness (QED) is 0.145. The van der Waals surface area contributed by atoms with E-state index in [0.29, 0.717) is 17.5 Å². The van der Waals surface area contributed by atoms with Crippen molar-refractivity contribution in [3.8, 4) is 112 Å². The van der Waals surface area contributed by atoms with Gasteiger partial charge in [-0.1, -0.05) is 246 Å². The number of nitrogens with zero attached hydrogens (tertiary/aromatic N) is 5. The highest BCUT2D eigenvalue weighted by atomic mass is 15.0. The Bertz CT molecular complexity index is 5430. The molecule has 3 heterocycles. The van der Waals surface area contributed by atoms with Gasteiger partial charge in [0.05, 0.1) is 22.1 Å². The van der Waals surface area contributed by atoms with E-state index in [4.69, 9.17) is 15.0 Å². The molecule has 16 aromatic rings. The van der Waals surface area contributed by atoms with Crippen LogP contribution >= 0.6 is 0 Å². The van der Waals surface area contributed by atoms with Gasteiger partial charge in [-0.05, 0) is 168 Å². The number of rotatable bonds is 9. The van der Waals surface area contributed by atoms with Crippen molar-refractivity contribution in [2.45, 2.75) is 38.5 Å². The second-order valence-electron chi connectivity index (χ2n) is 25.9. The van der Waals surface area contributed by atoms with Crippen LogP contribution in [0.25, 0.3) is 156 Å². The Kier molecular flexibility index (Phi) is 11.9. The molecule has 2 aliphatic rings. The lowest BCUT2D eigenvalue weighted by Gasteiger charge is -2.22. The summed E-state index contributed by atoms with van der Waals surface area (Å²) in [6.45, 7) is 9.41. The first kappa shape index (κ1) is 53.5. The van der Waals surface area contributed by atoms with Crippen LogP contribution in [0.1, 0.15) is 49.9 Å². The third-order valence-electron chi connectivity index (χ3n) is 20.0. The summed E-state index contributed by atoms with van der Waals surface area (Å²) in [5.74, 6) is 1.76. The Morgan fingerprint density at radius 3 is 1.07 bits per heavy atom. The molecule has 13 aromatic carbocycles. The SMILES string of the molecule is CC1(C)c2ccccc2-c2ccc(-c3ccc4c(c3)c3ccccc3n4-c3cccc(-c4nc(-c5cccc(-c6ccccc6-c6ccccc6)c5)nc(-c5cccc(-n6c7ccccc7c7cc(-c8ccc9c(c8)C(C)(C)c8ccccc8-9)ccc76)c5)n4)c3)cc21. The molecule has 0 amide bonds. The van der Waals surface area contributed by atoms with Crippen LogP contribution in [0.4, 0.5) is 0 Å². The van der Waals surface area contributed by atoms with E-state index in [1.807, 2.05) is 0 Å². The summed E-state index contributed by atoms with van der Waals surface area (Å²) in [6, 6.07) is 109. The molecule has 0 fully saturated rings. The molecule has 92 heavy (non-hydrogen) atoms. The fourth-order valence-corrected chi connectivity index (χ4v) is 15.4. The van der Waals surface area contributed by atoms with Crippen molar-refractivity contribution in [3.05, 3.63) is 320 Å². The van der Waals surface area contributed by atoms with Crippen LogP contribution in [-0.4, -0.2) is 24.1 Å². The Balaban J connectivity index is 0.762. The molecule has 0 atom stereocenters. The smallest absolute Gasteiger partial charge is 0.164 e. The minimum atomic E-state index is -0.0911. The molecule has 18 rings (SSSR count). The zero-order valence-corrected chi connectivity index (χ0v) is 51.5. The molecule has 5 heteroatoms. The van der Waals surface area contributed by atoms with Crippen molar-refractivity contribution in [1.82, 2.24) is 24.1 Å². The first-order chi connectivity index (χ1) is 45.1. The normalized spacial score (nSPS) is 13.4. The molecule has 0 radical (unpaired) electrons. The molecule has 0 unspecified atom stereocenters. The maximum absolute atomic E-state index is 5.47. The third-order valence-corrected chi connectivity index (χ3v) is 20.0. The van der Waals surface area contributed by atoms with Crippen molar-refractivity contribution in [2.75, 3.05) is 0 Å². The van der Waals surface area contributed by atoms with E-state index in [-0.39, 0.29) is 10.8 Å². The summed E-state index contributed by atoms with van der Waals surface area (Å²) in [7, 11) is 0. The van der Waals surface area contributed by atoms with E-state index in [0.717, 1.165) is 72.4 Å². The zero-order valence-electron chi connectivity index (χ0n) is 51.5. The van der Waals surface area contributed by atoms with Gasteiger partial charge < -0.3 is 9.13 Å². The van der Waals surface area contributed by atoms with Gasteiger partial charge in [-0.15, -0.1) is 0 Å². The minimum absolute atomic E-state index is 0.0911. The number of para-hydroxylation sites is 2. The monoisotopic (exact) mass is 1180 g/mol. The van der Waals surface area contributed by atoms with Gasteiger partial charge >= 0.3 is 0 Å². The van der Waals surface area contributed by atoms with Crippen LogP contribution in [-0.2, 0) is 10.8 Å². The lowest BCUT2D eigenvalue weighted by Crippen LogP contribution is -2.14. The Hall–Kier alpha value is -11.5. The van der Waals surface area contributed by atoms with Crippen LogP contribution in [0, 0.1) is 0 Å². The van der Waals surface area contributed by atoms with Crippen LogP contribution < -0.4 is 0 Å². The van der Waals surface area contributed by atoms with E-state index in [2.05, 4.69) is 334 Å². The van der Waals surface area contributed by atoms with E-state index in [1.165, 1.54) is 88.3 Å². The fourth-order valence-electron chi connectivity index (χ4n) is 15.4. The zero-order chi connectivity index (χ0) is 61.4. The number of hydrogen-bond acceptors (Lipinski definition) is 3. The molecular weight excluding hydrogens is 1110 g/mol. The van der Waals surface area contributed by atoms with Gasteiger partial charge in [0, 0.05) is 60.4 Å². The van der Waals surface area contributed by atoms with Crippen LogP contribution in [0.3, 0.4) is 0 Å². The molecule has 0 saturated carbocycles. The average Bonchev–Trinajstić information content (AvgIpc) is 1.59. The van der Waals surface area contributed by atoms with Gasteiger partial charge in [-0.25, -0.2) is 15.0 Å². The molecule has 434 valence electrons. The third kappa shape index (κ3) is 8.35. The van der Waals surface area contributed by atoms with E-state index < -0.39 is 0 Å². The van der Waals surface area contributed by atoms with Crippen LogP contribution in [0.2, 0.25) is 0 Å². The molecule has 0 saturated heterocycles. The molecule has 3 aromatic heterocycles. The summed E-state index contributed by atoms with van der Waals surface area (Å²) in [5.41, 5.74) is 29.2. The fraction of sp³-hybridized carbons (Fsp3) is 0.0690. The van der Waals surface area contributed by atoms with Gasteiger partial charge in [0.25, 0.3) is 0 Å². The standard InChI is InChI=1S/C87H61N5/c1-86(2)75-35-14-10-31-67(75)69-43-39-57(52-77(69)86)55-41-45-81-73(50-55)71-33-12-16-37-79(71)91(81)63-27-19-25-61(48-63)84-88-83(60-24-18-23-59(47-60)66-30-9-8-29-65(66)54-21-6-5-7-22-54)89-85(90-84)62-26-20-28-64(49-62)92-80-38-17-13-34-72(80)74-51-56(42-46-82(74)92)58-40-44-70-68-32-11-15-36-76(68)87(3,4)78(70)53-58/h5-53H,1-4H3. The second kappa shape index (κ2) is 20.5. The number of hydrogen-bond donors (Lipinski definition) is 0. The molecular formula is C87H61N5. The largest absolute Gasteiger partial charge is 0.309 e. The van der Waals surface area contributed by atoms with Crippen molar-refractivity contribution >= 4 is 43.6 Å². The predicted octanol–water partition coefficient (Wildman–Crippen LogP) is 22.3. The lowest BCUT2D eigenvalue weighted by atomic mass is 9.81. The number of aromatic nitrogens is 5. The molecule has 0 aliphatic heterocycles. The maximum atomic E-state index is 5.47. The van der Waals surface area contributed by atoms with E-state index in [9.17, 15) is 0 Å². The Labute approximate surface area is 534 Å². The summed E-state index contributed by atoms with van der Waals surface area (Å²) in [6.07, 6.45) is 0. The van der Waals surface area contributed by atoms with Gasteiger partial charge in [0.1, 0.15) is 0 Å². The van der Waals surface area contributed by atoms with Crippen LogP contribution in [0.15, 0.2) is 297 Å². The van der Waals surface area contributed by atoms with E-state index >= 15 is 0 Å². The topological polar surface area (TPSA) is 48.5 Å². The highest BCUT2D eigenvalue weighted by Gasteiger charge is 2.37. The van der Waals surface area contributed by atoms with Gasteiger partial charge in [-0.3, -0.25) is 0 Å². The first-order valence-corrected chi connectivity index (χ1v) is 31.9. The molecule has 5 nitrogen and oxygen atoms in total. The summed E-state index contributed by atoms with van der Waals surface area (Å²) in [4.78, 5) is 16.4. The van der Waals surface area contributed by atoms with Crippen molar-refractivity contribution < 1.29 is 0 Å². The molecule has 0 N–H and O–H groups in total. The number of benzene rings is 13. The van der Waals surface area contributed by atoms with Gasteiger partial charge in [-0.2, -0.15) is 0 Å². The summed E-state index contributed by atoms with van der Waals surface area (Å²) < 4.78 is 4.78. The highest BCUT2D eigenvalue weighted by molar-refractivity contribution is 6.12. The minimum Gasteiger partial charge on any atom is -0.309 e. The van der Waals surface area contributed by atoms with Crippen molar-refractivity contribution in [2.24, 2.45) is 0 Å². The van der Waals surface area contributed by atoms with Crippen LogP contribution in [0.5, 0.6) is 0 Å². The predicted molar refractivity (Wildman–Crippen MR) is 382 cm³/mol. The maximum Gasteiger partial charge on any atom is 0.164 e. The molecule has 0 bridgehead atoms. The van der Waals surface area contributed by atoms with Gasteiger partial charge in [0.2, 0.25) is 0 Å². The van der Waals surface area contributed by atoms with Crippen molar-refractivity contribution in [3.63, 3.8) is 0 Å². The first-order valence-electron chi connectivity index (χ1n) is 31.9. The summed E-state index contributed by atoms with van der Waals surface area (Å²) >= 11 is 0. The average molecular weight is 1180 g/mol. The summed E-state index contributed by atoms with van der Waals surface area (Å²) in [5, 5.41) is 4.79. The van der Waals surface area contributed by atoms with Gasteiger partial charge in [0.15, 0.2) is 17.5 Å².